The molecule has 0 heterocycles. The van der Waals surface area contributed by atoms with Gasteiger partial charge in [0.25, 0.3) is 0 Å². The highest BCUT2D eigenvalue weighted by atomic mass is 31.2. The van der Waals surface area contributed by atoms with E-state index in [1.807, 2.05) is 6.07 Å². The van der Waals surface area contributed by atoms with Gasteiger partial charge < -0.3 is 35.6 Å². The molecule has 1 aromatic rings. The van der Waals surface area contributed by atoms with Gasteiger partial charge in [-0.2, -0.15) is 0 Å². The zero-order valence-electron chi connectivity index (χ0n) is 17.3. The van der Waals surface area contributed by atoms with Crippen molar-refractivity contribution in [2.24, 2.45) is 0 Å². The Morgan fingerprint density at radius 3 is 1.36 bits per heavy atom. The summed E-state index contributed by atoms with van der Waals surface area (Å²) in [7, 11) is -0.233. The second-order valence-corrected chi connectivity index (χ2v) is 13.8. The Labute approximate surface area is 169 Å². The Balaban J connectivity index is 2.86. The minimum Gasteiger partial charge on any atom is -0.377 e. The van der Waals surface area contributed by atoms with Crippen molar-refractivity contribution in [3.05, 3.63) is 30.3 Å². The summed E-state index contributed by atoms with van der Waals surface area (Å²) in [5.41, 5.74) is 0. The van der Waals surface area contributed by atoms with Crippen LogP contribution in [0.2, 0.25) is 12.1 Å². The molecule has 0 atom stereocenters. The lowest BCUT2D eigenvalue weighted by Gasteiger charge is -2.27. The van der Waals surface area contributed by atoms with Crippen molar-refractivity contribution in [1.29, 1.82) is 0 Å². The van der Waals surface area contributed by atoms with Gasteiger partial charge in [-0.1, -0.05) is 18.2 Å². The van der Waals surface area contributed by atoms with Crippen LogP contribution in [0.3, 0.4) is 0 Å². The molecular formula is C16H31O9PSi2. The monoisotopic (exact) mass is 454 g/mol. The number of hydrogen-bond acceptors (Lipinski definition) is 9. The SMILES string of the molecule is CO[Si](CCOP(=O)(OCC[Si](OC)(OC)OC)c1ccccc1)(OC)OC. The van der Waals surface area contributed by atoms with Crippen molar-refractivity contribution in [3.63, 3.8) is 0 Å². The first kappa shape index (κ1) is 25.6. The van der Waals surface area contributed by atoms with Crippen molar-refractivity contribution >= 4 is 30.5 Å². The van der Waals surface area contributed by atoms with Gasteiger partial charge in [0.05, 0.1) is 18.5 Å². The van der Waals surface area contributed by atoms with Crippen molar-refractivity contribution in [3.8, 4) is 0 Å². The molecular weight excluding hydrogens is 423 g/mol. The van der Waals surface area contributed by atoms with Crippen molar-refractivity contribution in [1.82, 2.24) is 0 Å². The van der Waals surface area contributed by atoms with Gasteiger partial charge in [-0.05, 0) is 12.1 Å². The third kappa shape index (κ3) is 6.82. The molecule has 28 heavy (non-hydrogen) atoms. The number of benzene rings is 1. The summed E-state index contributed by atoms with van der Waals surface area (Å²) in [6.45, 7) is 0.157. The van der Waals surface area contributed by atoms with Crippen LogP contribution in [0.25, 0.3) is 0 Å². The number of rotatable bonds is 15. The van der Waals surface area contributed by atoms with E-state index in [0.717, 1.165) is 0 Å². The Kier molecular flexibility index (Phi) is 11.2. The van der Waals surface area contributed by atoms with Crippen LogP contribution in [0, 0.1) is 0 Å². The fourth-order valence-electron chi connectivity index (χ4n) is 2.49. The molecule has 0 unspecified atom stereocenters. The maximum absolute atomic E-state index is 13.5. The second kappa shape index (κ2) is 12.3. The van der Waals surface area contributed by atoms with E-state index in [1.165, 1.54) is 42.7 Å². The van der Waals surface area contributed by atoms with Crippen LogP contribution in [0.5, 0.6) is 0 Å². The van der Waals surface area contributed by atoms with Gasteiger partial charge in [-0.15, -0.1) is 0 Å². The normalized spacial score (nSPS) is 13.1. The summed E-state index contributed by atoms with van der Waals surface area (Å²) in [5, 5.41) is 0.453. The topological polar surface area (TPSA) is 90.9 Å². The highest BCUT2D eigenvalue weighted by molar-refractivity contribution is 7.62. The predicted octanol–water partition coefficient (Wildman–Crippen LogP) is 2.29. The van der Waals surface area contributed by atoms with Crippen LogP contribution in [-0.4, -0.2) is 73.5 Å². The fourth-order valence-corrected chi connectivity index (χ4v) is 7.34. The second-order valence-electron chi connectivity index (χ2n) is 5.59. The minimum atomic E-state index is -3.60. The molecule has 0 spiro atoms. The predicted molar refractivity (Wildman–Crippen MR) is 109 cm³/mol. The molecule has 1 aromatic carbocycles. The molecule has 12 heteroatoms. The molecule has 0 fully saturated rings. The van der Waals surface area contributed by atoms with Crippen molar-refractivity contribution in [2.45, 2.75) is 12.1 Å². The molecule has 0 N–H and O–H groups in total. The fraction of sp³-hybridized carbons (Fsp3) is 0.625. The zero-order valence-corrected chi connectivity index (χ0v) is 20.2. The summed E-state index contributed by atoms with van der Waals surface area (Å²) in [6.07, 6.45) is 0. The Morgan fingerprint density at radius 1 is 0.679 bits per heavy atom. The van der Waals surface area contributed by atoms with Crippen LogP contribution in [0.15, 0.2) is 30.3 Å². The van der Waals surface area contributed by atoms with Crippen LogP contribution >= 0.6 is 7.60 Å². The van der Waals surface area contributed by atoms with Gasteiger partial charge in [0.1, 0.15) is 0 Å². The summed E-state index contributed by atoms with van der Waals surface area (Å²) < 4.78 is 57.1. The smallest absolute Gasteiger partial charge is 0.377 e. The average Bonchev–Trinajstić information content (AvgIpc) is 2.76. The molecule has 0 saturated carbocycles. The lowest BCUT2D eigenvalue weighted by atomic mass is 10.4. The van der Waals surface area contributed by atoms with Crippen molar-refractivity contribution in [2.75, 3.05) is 55.9 Å². The van der Waals surface area contributed by atoms with Gasteiger partial charge in [0, 0.05) is 54.7 Å². The van der Waals surface area contributed by atoms with E-state index < -0.39 is 25.2 Å². The van der Waals surface area contributed by atoms with Gasteiger partial charge in [0.2, 0.25) is 0 Å². The summed E-state index contributed by atoms with van der Waals surface area (Å²) in [6, 6.07) is 9.40. The molecule has 0 aliphatic heterocycles. The molecule has 0 radical (unpaired) electrons. The standard InChI is InChI=1S/C16H31O9PSi2/c1-18-27(19-2,20-3)14-12-24-26(17,16-10-8-7-9-11-16)25-13-15-28(21-4,22-5)23-6/h7-11H,12-15H2,1-6H3. The molecule has 0 bridgehead atoms. The Hall–Kier alpha value is -0.436. The highest BCUT2D eigenvalue weighted by Crippen LogP contribution is 2.47. The highest BCUT2D eigenvalue weighted by Gasteiger charge is 2.41. The van der Waals surface area contributed by atoms with E-state index in [0.29, 0.717) is 17.4 Å². The van der Waals surface area contributed by atoms with E-state index in [2.05, 4.69) is 0 Å². The third-order valence-electron chi connectivity index (χ3n) is 4.28. The molecule has 0 amide bonds. The molecule has 162 valence electrons. The van der Waals surface area contributed by atoms with E-state index in [9.17, 15) is 4.57 Å². The van der Waals surface area contributed by atoms with Crippen LogP contribution in [0.1, 0.15) is 0 Å². The van der Waals surface area contributed by atoms with Crippen LogP contribution < -0.4 is 5.30 Å². The first-order valence-corrected chi connectivity index (χ1v) is 14.0. The van der Waals surface area contributed by atoms with Crippen LogP contribution in [0.4, 0.5) is 0 Å². The molecule has 1 rings (SSSR count). The number of hydrogen-bond donors (Lipinski definition) is 0. The minimum absolute atomic E-state index is 0.0787. The molecule has 0 aliphatic carbocycles. The Bertz CT molecular complexity index is 551. The molecule has 0 saturated heterocycles. The molecule has 0 aliphatic rings. The lowest BCUT2D eigenvalue weighted by Crippen LogP contribution is -2.44. The summed E-state index contributed by atoms with van der Waals surface area (Å²) in [4.78, 5) is 0. The average molecular weight is 455 g/mol. The van der Waals surface area contributed by atoms with E-state index >= 15 is 0 Å². The quantitative estimate of drug-likeness (QED) is 0.292. The first-order valence-electron chi connectivity index (χ1n) is 8.64. The van der Waals surface area contributed by atoms with E-state index in [-0.39, 0.29) is 13.2 Å². The Morgan fingerprint density at radius 2 is 1.04 bits per heavy atom. The van der Waals surface area contributed by atoms with E-state index in [4.69, 9.17) is 35.6 Å². The third-order valence-corrected chi connectivity index (χ3v) is 11.6. The summed E-state index contributed by atoms with van der Waals surface area (Å²) >= 11 is 0. The molecule has 9 nitrogen and oxygen atoms in total. The molecule has 0 aromatic heterocycles. The summed E-state index contributed by atoms with van der Waals surface area (Å²) in [5.74, 6) is 0. The van der Waals surface area contributed by atoms with Crippen LogP contribution in [-0.2, 0) is 40.2 Å². The first-order chi connectivity index (χ1) is 13.4. The maximum Gasteiger partial charge on any atom is 0.502 e. The van der Waals surface area contributed by atoms with Gasteiger partial charge in [-0.3, -0.25) is 4.57 Å². The van der Waals surface area contributed by atoms with E-state index in [1.54, 1.807) is 24.3 Å². The van der Waals surface area contributed by atoms with Gasteiger partial charge in [-0.25, -0.2) is 0 Å². The van der Waals surface area contributed by atoms with Crippen molar-refractivity contribution < 1.29 is 40.2 Å². The van der Waals surface area contributed by atoms with Gasteiger partial charge >= 0.3 is 25.2 Å². The largest absolute Gasteiger partial charge is 0.502 e. The van der Waals surface area contributed by atoms with Gasteiger partial charge in [0.15, 0.2) is 0 Å². The maximum atomic E-state index is 13.5. The zero-order chi connectivity index (χ0) is 21.1. The lowest BCUT2D eigenvalue weighted by molar-refractivity contribution is 0.112.